The number of allylic oxidation sites excluding steroid dienone is 6. The van der Waals surface area contributed by atoms with Crippen LogP contribution >= 0.6 is 0 Å². The van der Waals surface area contributed by atoms with Gasteiger partial charge in [0.25, 0.3) is 0 Å². The molecule has 0 amide bonds. The molecule has 0 fully saturated rings. The zero-order valence-corrected chi connectivity index (χ0v) is 30.2. The summed E-state index contributed by atoms with van der Waals surface area (Å²) in [5, 5.41) is 32.1. The third-order valence-corrected chi connectivity index (χ3v) is 10.6. The maximum Gasteiger partial charge on any atom is 0.309 e. The highest BCUT2D eigenvalue weighted by molar-refractivity contribution is 6.04. The van der Waals surface area contributed by atoms with Crippen molar-refractivity contribution in [1.82, 2.24) is 0 Å². The third-order valence-electron chi connectivity index (χ3n) is 10.6. The van der Waals surface area contributed by atoms with Crippen molar-refractivity contribution < 1.29 is 24.4 Å². The van der Waals surface area contributed by atoms with E-state index in [1.807, 2.05) is 48.6 Å². The van der Waals surface area contributed by atoms with E-state index < -0.39 is 22.8 Å². The largest absolute Gasteiger partial charge is 0.481 e. The predicted molar refractivity (Wildman–Crippen MR) is 207 cm³/mol. The van der Waals surface area contributed by atoms with E-state index >= 15 is 0 Å². The molecule has 2 heterocycles. The lowest BCUT2D eigenvalue weighted by Crippen LogP contribution is -2.37. The van der Waals surface area contributed by atoms with Crippen LogP contribution in [-0.2, 0) is 26.8 Å². The fraction of sp³-hybridized carbons (Fsp3) is 0.289. The van der Waals surface area contributed by atoms with Gasteiger partial charge in [-0.15, -0.1) is 0 Å². The van der Waals surface area contributed by atoms with Crippen molar-refractivity contribution in [3.63, 3.8) is 0 Å². The van der Waals surface area contributed by atoms with Crippen LogP contribution in [0.15, 0.2) is 127 Å². The first-order valence-corrected chi connectivity index (χ1v) is 18.1. The second-order valence-corrected chi connectivity index (χ2v) is 14.3. The Hall–Kier alpha value is -5.74. The van der Waals surface area contributed by atoms with Crippen LogP contribution in [0.2, 0.25) is 0 Å². The summed E-state index contributed by atoms with van der Waals surface area (Å²) in [6.07, 6.45) is 11.2. The number of aliphatic carboxylic acids is 2. The number of nitrogens with zero attached hydrogens (tertiary/aromatic N) is 3. The van der Waals surface area contributed by atoms with Crippen LogP contribution in [0.3, 0.4) is 0 Å². The lowest BCUT2D eigenvalue weighted by Gasteiger charge is -2.28. The minimum absolute atomic E-state index is 0.0234. The summed E-state index contributed by atoms with van der Waals surface area (Å²) in [7, 11) is 0. The molecule has 4 aromatic rings. The highest BCUT2D eigenvalue weighted by Crippen LogP contribution is 2.51. The number of para-hydroxylation sites is 1. The number of carboxylic acid groups (broad SMARTS) is 2. The first-order valence-electron chi connectivity index (χ1n) is 18.1. The SMILES string of the molecule is CCCCC1(Cc2ccccc2)C(/C=C/C(C#N)=C/C=C2/N(CCC(=O)O)c3ccc4ccccc4c3C2(C)C)=[N+](CCC(=O)O)c2ccccc21. The smallest absolute Gasteiger partial charge is 0.309 e. The molecule has 0 aliphatic carbocycles. The van der Waals surface area contributed by atoms with Crippen molar-refractivity contribution in [2.24, 2.45) is 0 Å². The maximum atomic E-state index is 11.9. The Bertz CT molecular complexity index is 2170. The number of fused-ring (bicyclic) bond motifs is 4. The summed E-state index contributed by atoms with van der Waals surface area (Å²) in [4.78, 5) is 25.7. The molecule has 0 saturated heterocycles. The second-order valence-electron chi connectivity index (χ2n) is 14.3. The summed E-state index contributed by atoms with van der Waals surface area (Å²) in [6, 6.07) is 33.5. The van der Waals surface area contributed by atoms with E-state index in [0.717, 1.165) is 64.8 Å². The number of unbranched alkanes of at least 4 members (excludes halogenated alkanes) is 1. The van der Waals surface area contributed by atoms with Crippen LogP contribution in [-0.4, -0.2) is 45.5 Å². The van der Waals surface area contributed by atoms with Gasteiger partial charge in [-0.1, -0.05) is 112 Å². The molecule has 0 saturated carbocycles. The Morgan fingerprint density at radius 1 is 0.904 bits per heavy atom. The van der Waals surface area contributed by atoms with Crippen LogP contribution in [0.4, 0.5) is 11.4 Å². The van der Waals surface area contributed by atoms with E-state index in [-0.39, 0.29) is 12.8 Å². The van der Waals surface area contributed by atoms with Crippen molar-refractivity contribution in [3.05, 3.63) is 143 Å². The highest BCUT2D eigenvalue weighted by atomic mass is 16.4. The number of carboxylic acids is 2. The Labute approximate surface area is 306 Å². The Kier molecular flexibility index (Phi) is 10.6. The maximum absolute atomic E-state index is 11.9. The van der Waals surface area contributed by atoms with Gasteiger partial charge >= 0.3 is 11.9 Å². The molecular weight excluding hydrogens is 647 g/mol. The predicted octanol–water partition coefficient (Wildman–Crippen LogP) is 9.25. The van der Waals surface area contributed by atoms with Crippen molar-refractivity contribution in [2.45, 2.75) is 70.1 Å². The average molecular weight is 693 g/mol. The highest BCUT2D eigenvalue weighted by Gasteiger charge is 2.50. The molecule has 6 rings (SSSR count). The number of rotatable bonds is 14. The van der Waals surface area contributed by atoms with Crippen molar-refractivity contribution >= 4 is 39.8 Å². The minimum Gasteiger partial charge on any atom is -0.481 e. The van der Waals surface area contributed by atoms with Gasteiger partial charge in [0, 0.05) is 41.1 Å². The normalized spacial score (nSPS) is 18.6. The Morgan fingerprint density at radius 2 is 1.62 bits per heavy atom. The van der Waals surface area contributed by atoms with Crippen LogP contribution in [0, 0.1) is 11.3 Å². The molecule has 7 nitrogen and oxygen atoms in total. The monoisotopic (exact) mass is 692 g/mol. The van der Waals surface area contributed by atoms with E-state index in [1.54, 1.807) is 0 Å². The van der Waals surface area contributed by atoms with Gasteiger partial charge in [0.05, 0.1) is 23.5 Å². The van der Waals surface area contributed by atoms with Gasteiger partial charge in [0.1, 0.15) is 6.42 Å². The second kappa shape index (κ2) is 15.2. The number of hydrogen-bond donors (Lipinski definition) is 2. The Morgan fingerprint density at radius 3 is 2.35 bits per heavy atom. The third kappa shape index (κ3) is 6.94. The molecule has 4 aromatic carbocycles. The fourth-order valence-corrected chi connectivity index (χ4v) is 8.25. The summed E-state index contributed by atoms with van der Waals surface area (Å²) in [5.74, 6) is -1.73. The van der Waals surface area contributed by atoms with Gasteiger partial charge in [-0.3, -0.25) is 9.59 Å². The van der Waals surface area contributed by atoms with Gasteiger partial charge in [-0.2, -0.15) is 9.84 Å². The first kappa shape index (κ1) is 36.1. The summed E-state index contributed by atoms with van der Waals surface area (Å²) in [6.45, 7) is 7.10. The van der Waals surface area contributed by atoms with Gasteiger partial charge in [-0.05, 0) is 59.0 Å². The van der Waals surface area contributed by atoms with E-state index in [2.05, 4.69) is 103 Å². The van der Waals surface area contributed by atoms with Crippen molar-refractivity contribution in [1.29, 1.82) is 5.26 Å². The van der Waals surface area contributed by atoms with Crippen LogP contribution in [0.1, 0.15) is 69.6 Å². The van der Waals surface area contributed by atoms with Gasteiger partial charge in [0.15, 0.2) is 12.3 Å². The molecule has 52 heavy (non-hydrogen) atoms. The van der Waals surface area contributed by atoms with E-state index in [1.165, 1.54) is 11.1 Å². The van der Waals surface area contributed by atoms with Gasteiger partial charge < -0.3 is 15.1 Å². The molecule has 7 heteroatoms. The quantitative estimate of drug-likeness (QED) is 0.0776. The lowest BCUT2D eigenvalue weighted by molar-refractivity contribution is -0.436. The molecule has 2 N–H and O–H groups in total. The number of nitriles is 1. The van der Waals surface area contributed by atoms with E-state index in [9.17, 15) is 25.1 Å². The zero-order chi connectivity index (χ0) is 36.9. The molecule has 0 aromatic heterocycles. The fourth-order valence-electron chi connectivity index (χ4n) is 8.25. The molecule has 0 radical (unpaired) electrons. The Balaban J connectivity index is 1.47. The number of benzene rings is 4. The van der Waals surface area contributed by atoms with E-state index in [0.29, 0.717) is 18.7 Å². The molecule has 0 bridgehead atoms. The molecule has 2 aliphatic heterocycles. The summed E-state index contributed by atoms with van der Waals surface area (Å²) in [5.41, 5.74) is 6.96. The topological polar surface area (TPSA) is 105 Å². The molecular formula is C45H46N3O4+. The van der Waals surface area contributed by atoms with Crippen LogP contribution < -0.4 is 4.90 Å². The average Bonchev–Trinajstić information content (AvgIpc) is 3.52. The first-order chi connectivity index (χ1) is 25.1. The zero-order valence-electron chi connectivity index (χ0n) is 30.2. The summed E-state index contributed by atoms with van der Waals surface area (Å²) < 4.78 is 2.14. The minimum atomic E-state index is -0.869. The summed E-state index contributed by atoms with van der Waals surface area (Å²) >= 11 is 0. The molecule has 0 spiro atoms. The van der Waals surface area contributed by atoms with Crippen molar-refractivity contribution in [3.8, 4) is 6.07 Å². The molecule has 1 atom stereocenters. The van der Waals surface area contributed by atoms with Crippen molar-refractivity contribution in [2.75, 3.05) is 18.0 Å². The number of carbonyl (C=O) groups is 2. The van der Waals surface area contributed by atoms with Crippen LogP contribution in [0.25, 0.3) is 10.8 Å². The van der Waals surface area contributed by atoms with Gasteiger partial charge in [0.2, 0.25) is 5.69 Å². The van der Waals surface area contributed by atoms with Crippen LogP contribution in [0.5, 0.6) is 0 Å². The van der Waals surface area contributed by atoms with Gasteiger partial charge in [-0.25, -0.2) is 0 Å². The number of anilines is 1. The molecule has 264 valence electrons. The molecule has 1 unspecified atom stereocenters. The lowest BCUT2D eigenvalue weighted by atomic mass is 9.69. The standard InChI is InChI=1S/C45H45N3O4/c1-4-5-27-45(30-32-13-7-6-8-14-32)36-17-11-12-18-37(36)47(28-25-41(49)50)40(45)24-20-33(31-46)19-23-39-44(2,3)43-35-16-10-9-15-34(35)21-22-38(43)48(39)29-26-42(51)52/h6-24H,4-5,25-30H2,1-3H3,(H-,49,50,51,52)/p+1. The number of hydrogen-bond acceptors (Lipinski definition) is 4. The van der Waals surface area contributed by atoms with E-state index in [4.69, 9.17) is 0 Å². The molecule has 2 aliphatic rings.